The Morgan fingerprint density at radius 1 is 1.21 bits per heavy atom. The van der Waals surface area contributed by atoms with E-state index < -0.39 is 5.91 Å². The van der Waals surface area contributed by atoms with Gasteiger partial charge >= 0.3 is 0 Å². The van der Waals surface area contributed by atoms with E-state index in [1.807, 2.05) is 6.07 Å². The SMILES string of the molecule is CC(C)C(CNc1ccc(N)cc1C(N)=O)C(C)C. The van der Waals surface area contributed by atoms with Gasteiger partial charge < -0.3 is 16.8 Å². The van der Waals surface area contributed by atoms with E-state index in [1.54, 1.807) is 12.1 Å². The van der Waals surface area contributed by atoms with Crippen LogP contribution in [-0.2, 0) is 0 Å². The van der Waals surface area contributed by atoms with Crippen LogP contribution in [0.3, 0.4) is 0 Å². The normalized spacial score (nSPS) is 11.3. The molecule has 0 saturated carbocycles. The second-order valence-corrected chi connectivity index (χ2v) is 5.70. The number of primary amides is 1. The molecule has 0 heterocycles. The number of nitrogens with one attached hydrogen (secondary N) is 1. The van der Waals surface area contributed by atoms with E-state index in [4.69, 9.17) is 11.5 Å². The molecule has 4 nitrogen and oxygen atoms in total. The highest BCUT2D eigenvalue weighted by atomic mass is 16.1. The molecule has 0 aliphatic carbocycles. The van der Waals surface area contributed by atoms with Gasteiger partial charge in [0.1, 0.15) is 0 Å². The molecule has 0 aromatic heterocycles. The summed E-state index contributed by atoms with van der Waals surface area (Å²) in [5, 5.41) is 3.33. The third kappa shape index (κ3) is 4.16. The number of benzene rings is 1. The largest absolute Gasteiger partial charge is 0.399 e. The van der Waals surface area contributed by atoms with Crippen LogP contribution in [-0.4, -0.2) is 12.5 Å². The topological polar surface area (TPSA) is 81.1 Å². The van der Waals surface area contributed by atoms with E-state index in [-0.39, 0.29) is 0 Å². The van der Waals surface area contributed by atoms with Crippen LogP contribution < -0.4 is 16.8 Å². The van der Waals surface area contributed by atoms with Gasteiger partial charge in [0.05, 0.1) is 5.56 Å². The van der Waals surface area contributed by atoms with Crippen molar-refractivity contribution in [2.75, 3.05) is 17.6 Å². The molecule has 0 bridgehead atoms. The van der Waals surface area contributed by atoms with Crippen LogP contribution in [0.4, 0.5) is 11.4 Å². The third-order valence-corrected chi connectivity index (χ3v) is 3.55. The van der Waals surface area contributed by atoms with Crippen molar-refractivity contribution in [2.45, 2.75) is 27.7 Å². The molecule has 4 heteroatoms. The fraction of sp³-hybridized carbons (Fsp3) is 0.533. The molecular formula is C15H25N3O. The summed E-state index contributed by atoms with van der Waals surface area (Å²) in [5.74, 6) is 1.25. The molecule has 0 aliphatic rings. The van der Waals surface area contributed by atoms with Gasteiger partial charge in [0.25, 0.3) is 5.91 Å². The average Bonchev–Trinajstić information content (AvgIpc) is 2.29. The molecule has 106 valence electrons. The van der Waals surface area contributed by atoms with Crippen LogP contribution in [0.1, 0.15) is 38.1 Å². The quantitative estimate of drug-likeness (QED) is 0.690. The number of anilines is 2. The molecule has 19 heavy (non-hydrogen) atoms. The van der Waals surface area contributed by atoms with Crippen molar-refractivity contribution in [3.05, 3.63) is 23.8 Å². The number of hydrogen-bond donors (Lipinski definition) is 3. The molecule has 1 aromatic rings. The minimum Gasteiger partial charge on any atom is -0.399 e. The molecular weight excluding hydrogens is 238 g/mol. The lowest BCUT2D eigenvalue weighted by Crippen LogP contribution is -2.25. The lowest BCUT2D eigenvalue weighted by molar-refractivity contribution is 0.100. The van der Waals surface area contributed by atoms with Crippen molar-refractivity contribution in [3.63, 3.8) is 0 Å². The highest BCUT2D eigenvalue weighted by Crippen LogP contribution is 2.23. The molecule has 0 atom stereocenters. The number of nitrogen functional groups attached to an aromatic ring is 1. The van der Waals surface area contributed by atoms with E-state index in [0.717, 1.165) is 12.2 Å². The Kier molecular flexibility index (Phi) is 5.21. The summed E-state index contributed by atoms with van der Waals surface area (Å²) < 4.78 is 0. The fourth-order valence-corrected chi connectivity index (χ4v) is 2.39. The minimum absolute atomic E-state index is 0.450. The van der Waals surface area contributed by atoms with Crippen LogP contribution in [0.5, 0.6) is 0 Å². The lowest BCUT2D eigenvalue weighted by Gasteiger charge is -2.26. The highest BCUT2D eigenvalue weighted by Gasteiger charge is 2.18. The van der Waals surface area contributed by atoms with Crippen molar-refractivity contribution in [3.8, 4) is 0 Å². The molecule has 0 radical (unpaired) electrons. The second-order valence-electron chi connectivity index (χ2n) is 5.70. The Labute approximate surface area is 115 Å². The fourth-order valence-electron chi connectivity index (χ4n) is 2.39. The van der Waals surface area contributed by atoms with Crippen molar-refractivity contribution in [2.24, 2.45) is 23.5 Å². The summed E-state index contributed by atoms with van der Waals surface area (Å²) in [4.78, 5) is 11.4. The monoisotopic (exact) mass is 263 g/mol. The van der Waals surface area contributed by atoms with Gasteiger partial charge in [-0.2, -0.15) is 0 Å². The maximum atomic E-state index is 11.4. The first-order chi connectivity index (χ1) is 8.82. The van der Waals surface area contributed by atoms with Gasteiger partial charge in [0, 0.05) is 17.9 Å². The molecule has 5 N–H and O–H groups in total. The number of rotatable bonds is 6. The summed E-state index contributed by atoms with van der Waals surface area (Å²) in [6.07, 6.45) is 0. The Balaban J connectivity index is 2.85. The van der Waals surface area contributed by atoms with Crippen LogP contribution in [0, 0.1) is 17.8 Å². The Morgan fingerprint density at radius 2 is 1.79 bits per heavy atom. The van der Waals surface area contributed by atoms with Crippen molar-refractivity contribution in [1.29, 1.82) is 0 Å². The molecule has 0 unspecified atom stereocenters. The number of amides is 1. The zero-order valence-electron chi connectivity index (χ0n) is 12.2. The predicted molar refractivity (Wildman–Crippen MR) is 81.0 cm³/mol. The molecule has 1 aromatic carbocycles. The van der Waals surface area contributed by atoms with Gasteiger partial charge in [0.2, 0.25) is 0 Å². The molecule has 1 amide bonds. The number of carbonyl (C=O) groups is 1. The summed E-state index contributed by atoms with van der Waals surface area (Å²) in [6.45, 7) is 9.67. The average molecular weight is 263 g/mol. The van der Waals surface area contributed by atoms with Gasteiger partial charge in [-0.1, -0.05) is 27.7 Å². The maximum absolute atomic E-state index is 11.4. The molecule has 0 fully saturated rings. The van der Waals surface area contributed by atoms with Crippen molar-refractivity contribution in [1.82, 2.24) is 0 Å². The highest BCUT2D eigenvalue weighted by molar-refractivity contribution is 5.99. The molecule has 1 rings (SSSR count). The van der Waals surface area contributed by atoms with Crippen LogP contribution in [0.25, 0.3) is 0 Å². The van der Waals surface area contributed by atoms with Gasteiger partial charge in [-0.3, -0.25) is 4.79 Å². The zero-order valence-corrected chi connectivity index (χ0v) is 12.2. The van der Waals surface area contributed by atoms with Gasteiger partial charge in [0.15, 0.2) is 0 Å². The molecule has 0 spiro atoms. The van der Waals surface area contributed by atoms with E-state index in [9.17, 15) is 4.79 Å². The van der Waals surface area contributed by atoms with Gasteiger partial charge in [-0.15, -0.1) is 0 Å². The minimum atomic E-state index is -0.458. The number of nitrogens with two attached hydrogens (primary N) is 2. The molecule has 0 aliphatic heterocycles. The first-order valence-corrected chi connectivity index (χ1v) is 6.76. The lowest BCUT2D eigenvalue weighted by atomic mass is 9.85. The summed E-state index contributed by atoms with van der Waals surface area (Å²) in [6, 6.07) is 5.20. The zero-order chi connectivity index (χ0) is 14.6. The maximum Gasteiger partial charge on any atom is 0.250 e. The number of hydrogen-bond acceptors (Lipinski definition) is 3. The van der Waals surface area contributed by atoms with E-state index in [0.29, 0.717) is 29.0 Å². The smallest absolute Gasteiger partial charge is 0.250 e. The van der Waals surface area contributed by atoms with E-state index in [2.05, 4.69) is 33.0 Å². The Morgan fingerprint density at radius 3 is 2.26 bits per heavy atom. The van der Waals surface area contributed by atoms with Crippen LogP contribution in [0.2, 0.25) is 0 Å². The van der Waals surface area contributed by atoms with E-state index in [1.165, 1.54) is 0 Å². The van der Waals surface area contributed by atoms with Crippen LogP contribution in [0.15, 0.2) is 18.2 Å². The third-order valence-electron chi connectivity index (χ3n) is 3.55. The summed E-state index contributed by atoms with van der Waals surface area (Å²) in [7, 11) is 0. The van der Waals surface area contributed by atoms with Gasteiger partial charge in [-0.05, 0) is 36.0 Å². The first kappa shape index (κ1) is 15.3. The van der Waals surface area contributed by atoms with E-state index >= 15 is 0 Å². The summed E-state index contributed by atoms with van der Waals surface area (Å²) >= 11 is 0. The molecule has 0 saturated heterocycles. The number of carbonyl (C=O) groups excluding carboxylic acids is 1. The Bertz CT molecular complexity index is 433. The van der Waals surface area contributed by atoms with Crippen molar-refractivity contribution < 1.29 is 4.79 Å². The van der Waals surface area contributed by atoms with Crippen molar-refractivity contribution >= 4 is 17.3 Å². The predicted octanol–water partition coefficient (Wildman–Crippen LogP) is 2.71. The second kappa shape index (κ2) is 6.45. The first-order valence-electron chi connectivity index (χ1n) is 6.76. The van der Waals surface area contributed by atoms with Gasteiger partial charge in [-0.25, -0.2) is 0 Å². The van der Waals surface area contributed by atoms with Crippen LogP contribution >= 0.6 is 0 Å². The Hall–Kier alpha value is -1.71. The summed E-state index contributed by atoms with van der Waals surface area (Å²) in [5.41, 5.74) is 12.8. The standard InChI is InChI=1S/C15H25N3O/c1-9(2)13(10(3)4)8-18-14-6-5-11(16)7-12(14)15(17)19/h5-7,9-10,13,18H,8,16H2,1-4H3,(H2,17,19).